The number of hydrogen-bond donors (Lipinski definition) is 0. The molecule has 2 bridgehead atoms. The first-order valence-corrected chi connectivity index (χ1v) is 5.18. The van der Waals surface area contributed by atoms with E-state index in [0.717, 1.165) is 12.8 Å². The molecule has 0 atom stereocenters. The van der Waals surface area contributed by atoms with Crippen LogP contribution in [0.3, 0.4) is 0 Å². The van der Waals surface area contributed by atoms with E-state index in [1.165, 1.54) is 22.4 Å². The fraction of sp³-hybridized carbons (Fsp3) is 0.400. The van der Waals surface area contributed by atoms with Crippen molar-refractivity contribution in [3.63, 3.8) is 0 Å². The van der Waals surface area contributed by atoms with Crippen LogP contribution in [0.1, 0.15) is 12.8 Å². The first-order valence-electron chi connectivity index (χ1n) is 5.18. The molecule has 0 aliphatic carbocycles. The SMILES string of the molecule is C=CC(=O)N1N2CCCCN1N2C(=O)C=C. The molecule has 3 rings (SSSR count). The Labute approximate surface area is 93.9 Å². The number of rotatable bonds is 2. The zero-order chi connectivity index (χ0) is 11.7. The zero-order valence-corrected chi connectivity index (χ0v) is 9.00. The monoisotopic (exact) mass is 222 g/mol. The van der Waals surface area contributed by atoms with E-state index in [-0.39, 0.29) is 11.8 Å². The second-order valence-electron chi connectivity index (χ2n) is 3.56. The number of amides is 2. The highest BCUT2D eigenvalue weighted by Crippen LogP contribution is 2.28. The molecule has 0 N–H and O–H groups in total. The van der Waals surface area contributed by atoms with Crippen molar-refractivity contribution in [3.8, 4) is 0 Å². The maximum absolute atomic E-state index is 11.6. The van der Waals surface area contributed by atoms with Crippen LogP contribution in [0, 0.1) is 0 Å². The predicted octanol–water partition coefficient (Wildman–Crippen LogP) is 0.0870. The summed E-state index contributed by atoms with van der Waals surface area (Å²) in [6.07, 6.45) is 4.36. The quantitative estimate of drug-likeness (QED) is 0.621. The summed E-state index contributed by atoms with van der Waals surface area (Å²) in [5, 5.41) is 6.09. The van der Waals surface area contributed by atoms with Gasteiger partial charge < -0.3 is 0 Å². The summed E-state index contributed by atoms with van der Waals surface area (Å²) in [7, 11) is 0. The lowest BCUT2D eigenvalue weighted by molar-refractivity contribution is -0.451. The lowest BCUT2D eigenvalue weighted by Gasteiger charge is -2.57. The van der Waals surface area contributed by atoms with E-state index in [4.69, 9.17) is 0 Å². The highest BCUT2D eigenvalue weighted by atomic mass is 16.3. The smallest absolute Gasteiger partial charge is 0.267 e. The van der Waals surface area contributed by atoms with Gasteiger partial charge in [0.15, 0.2) is 0 Å². The summed E-state index contributed by atoms with van der Waals surface area (Å²) >= 11 is 0. The Bertz CT molecular complexity index is 313. The van der Waals surface area contributed by atoms with Crippen LogP contribution in [0.2, 0.25) is 0 Å². The average molecular weight is 222 g/mol. The Kier molecular flexibility index (Phi) is 2.76. The third-order valence-corrected chi connectivity index (χ3v) is 2.58. The Morgan fingerprint density at radius 2 is 1.25 bits per heavy atom. The van der Waals surface area contributed by atoms with Gasteiger partial charge in [-0.2, -0.15) is 10.2 Å². The molecule has 0 unspecified atom stereocenters. The largest absolute Gasteiger partial charge is 0.278 e. The lowest BCUT2D eigenvalue weighted by atomic mass is 10.3. The summed E-state index contributed by atoms with van der Waals surface area (Å²) in [4.78, 5) is 23.2. The van der Waals surface area contributed by atoms with Gasteiger partial charge in [-0.3, -0.25) is 9.59 Å². The van der Waals surface area contributed by atoms with E-state index in [0.29, 0.717) is 13.1 Å². The van der Waals surface area contributed by atoms with E-state index in [1.807, 2.05) is 0 Å². The normalized spacial score (nSPS) is 27.8. The van der Waals surface area contributed by atoms with Crippen molar-refractivity contribution in [1.29, 1.82) is 0 Å². The molecule has 2 amide bonds. The molecule has 6 nitrogen and oxygen atoms in total. The zero-order valence-electron chi connectivity index (χ0n) is 9.00. The van der Waals surface area contributed by atoms with Gasteiger partial charge in [0.25, 0.3) is 11.8 Å². The molecular weight excluding hydrogens is 208 g/mol. The summed E-state index contributed by atoms with van der Waals surface area (Å²) in [6, 6.07) is 0. The highest BCUT2D eigenvalue weighted by Gasteiger charge is 2.48. The molecule has 3 aliphatic rings. The number of carbonyl (C=O) groups is 2. The predicted molar refractivity (Wildman–Crippen MR) is 56.7 cm³/mol. The van der Waals surface area contributed by atoms with E-state index >= 15 is 0 Å². The summed E-state index contributed by atoms with van der Waals surface area (Å²) in [5.74, 6) is -0.454. The van der Waals surface area contributed by atoms with Gasteiger partial charge >= 0.3 is 0 Å². The van der Waals surface area contributed by atoms with Gasteiger partial charge in [-0.25, -0.2) is 0 Å². The standard InChI is InChI=1S/C10H14N4O2/c1-3-9(15)13-11-7-5-6-8-12(13)14(11)10(16)4-2/h3-4H,1-2,5-8H2. The minimum absolute atomic E-state index is 0.227. The van der Waals surface area contributed by atoms with Gasteiger partial charge in [-0.1, -0.05) is 23.4 Å². The van der Waals surface area contributed by atoms with Gasteiger partial charge in [-0.05, 0) is 25.0 Å². The van der Waals surface area contributed by atoms with Gasteiger partial charge in [0.05, 0.1) is 0 Å². The first kappa shape index (κ1) is 10.8. The summed E-state index contributed by atoms with van der Waals surface area (Å²) < 4.78 is 0. The van der Waals surface area contributed by atoms with Crippen molar-refractivity contribution >= 4 is 11.8 Å². The topological polar surface area (TPSA) is 47.1 Å². The molecule has 0 aromatic carbocycles. The van der Waals surface area contributed by atoms with Crippen LogP contribution in [0.25, 0.3) is 0 Å². The van der Waals surface area contributed by atoms with Crippen LogP contribution in [0.4, 0.5) is 0 Å². The number of hydrogen-bond acceptors (Lipinski definition) is 4. The number of nitrogens with zero attached hydrogens (tertiary/aromatic N) is 4. The average Bonchev–Trinajstić information content (AvgIpc) is 2.62. The highest BCUT2D eigenvalue weighted by molar-refractivity contribution is 5.90. The minimum Gasteiger partial charge on any atom is -0.267 e. The fourth-order valence-electron chi connectivity index (χ4n) is 1.87. The molecular formula is C10H14N4O2. The molecule has 0 radical (unpaired) electrons. The molecule has 6 heteroatoms. The summed E-state index contributed by atoms with van der Waals surface area (Å²) in [6.45, 7) is 8.18. The van der Waals surface area contributed by atoms with Crippen molar-refractivity contribution in [1.82, 2.24) is 20.5 Å². The third-order valence-electron chi connectivity index (χ3n) is 2.58. The molecule has 3 aliphatic heterocycles. The van der Waals surface area contributed by atoms with E-state index < -0.39 is 0 Å². The van der Waals surface area contributed by atoms with Crippen molar-refractivity contribution in [2.45, 2.75) is 12.8 Å². The van der Waals surface area contributed by atoms with Crippen LogP contribution in [0.15, 0.2) is 25.3 Å². The fourth-order valence-corrected chi connectivity index (χ4v) is 1.87. The molecule has 3 heterocycles. The Hall–Kier alpha value is -1.66. The molecule has 0 spiro atoms. The van der Waals surface area contributed by atoms with E-state index in [9.17, 15) is 9.59 Å². The van der Waals surface area contributed by atoms with Crippen LogP contribution >= 0.6 is 0 Å². The van der Waals surface area contributed by atoms with Gasteiger partial charge in [0.1, 0.15) is 0 Å². The van der Waals surface area contributed by atoms with Crippen molar-refractivity contribution in [2.75, 3.05) is 13.1 Å². The molecule has 86 valence electrons. The molecule has 0 aromatic heterocycles. The maximum atomic E-state index is 11.6. The van der Waals surface area contributed by atoms with Crippen molar-refractivity contribution < 1.29 is 9.59 Å². The van der Waals surface area contributed by atoms with Crippen molar-refractivity contribution in [2.24, 2.45) is 0 Å². The minimum atomic E-state index is -0.227. The lowest BCUT2D eigenvalue weighted by Crippen LogP contribution is -2.79. The van der Waals surface area contributed by atoms with Gasteiger partial charge in [-0.15, -0.1) is 0 Å². The molecule has 16 heavy (non-hydrogen) atoms. The van der Waals surface area contributed by atoms with Crippen molar-refractivity contribution in [3.05, 3.63) is 25.3 Å². The van der Waals surface area contributed by atoms with Gasteiger partial charge in [0.2, 0.25) is 0 Å². The van der Waals surface area contributed by atoms with Crippen LogP contribution < -0.4 is 0 Å². The second kappa shape index (κ2) is 4.07. The third kappa shape index (κ3) is 1.43. The Morgan fingerprint density at radius 1 is 0.875 bits per heavy atom. The van der Waals surface area contributed by atoms with Gasteiger partial charge in [0, 0.05) is 13.1 Å². The molecule has 0 aromatic rings. The van der Waals surface area contributed by atoms with Crippen LogP contribution in [0.5, 0.6) is 0 Å². The maximum Gasteiger partial charge on any atom is 0.278 e. The molecule has 3 saturated heterocycles. The van der Waals surface area contributed by atoms with E-state index in [1.54, 1.807) is 10.2 Å². The number of carbonyl (C=O) groups excluding carboxylic acids is 2. The Morgan fingerprint density at radius 3 is 1.56 bits per heavy atom. The summed E-state index contributed by atoms with van der Waals surface area (Å²) in [5.41, 5.74) is 0. The van der Waals surface area contributed by atoms with Crippen LogP contribution in [-0.2, 0) is 9.59 Å². The Balaban J connectivity index is 2.21. The number of fused-ring (bicyclic) bond motifs is 3. The second-order valence-corrected chi connectivity index (χ2v) is 3.56. The first-order chi connectivity index (χ1) is 7.70. The number of hydrazine groups is 4. The molecule has 0 saturated carbocycles. The van der Waals surface area contributed by atoms with E-state index in [2.05, 4.69) is 13.2 Å². The van der Waals surface area contributed by atoms with Crippen LogP contribution in [-0.4, -0.2) is 45.4 Å². The molecule has 3 fully saturated rings.